The number of anilines is 1. The van der Waals surface area contributed by atoms with E-state index in [2.05, 4.69) is 5.16 Å². The average Bonchev–Trinajstić information content (AvgIpc) is 3.33. The monoisotopic (exact) mass is 441 g/mol. The molecular weight excluding hydrogens is 422 g/mol. The number of aryl methyl sites for hydroxylation is 1. The number of nitrogens with zero attached hydrogens (tertiary/aromatic N) is 3. The van der Waals surface area contributed by atoms with Gasteiger partial charge in [0.15, 0.2) is 5.75 Å². The molecule has 0 aliphatic carbocycles. The van der Waals surface area contributed by atoms with E-state index < -0.39 is 28.8 Å². The van der Waals surface area contributed by atoms with E-state index in [1.54, 1.807) is 25.1 Å². The van der Waals surface area contributed by atoms with Gasteiger partial charge in [0.05, 0.1) is 31.9 Å². The van der Waals surface area contributed by atoms with Crippen molar-refractivity contribution in [3.63, 3.8) is 0 Å². The summed E-state index contributed by atoms with van der Waals surface area (Å²) in [4.78, 5) is 43.4. The Hall–Kier alpha value is -4.15. The van der Waals surface area contributed by atoms with Crippen LogP contribution in [0.3, 0.4) is 0 Å². The number of ether oxygens (including phenoxy) is 3. The van der Waals surface area contributed by atoms with E-state index in [-0.39, 0.29) is 22.8 Å². The second-order valence-corrected chi connectivity index (χ2v) is 7.13. The number of amides is 2. The van der Waals surface area contributed by atoms with Gasteiger partial charge in [-0.1, -0.05) is 5.16 Å². The number of rotatable bonds is 6. The molecule has 0 N–H and O–H groups in total. The van der Waals surface area contributed by atoms with Crippen molar-refractivity contribution in [2.45, 2.75) is 13.0 Å². The summed E-state index contributed by atoms with van der Waals surface area (Å²) in [6.45, 7) is 1.57. The predicted octanol–water partition coefficient (Wildman–Crippen LogP) is 2.22. The van der Waals surface area contributed by atoms with Crippen LogP contribution in [0.1, 0.15) is 11.1 Å². The van der Waals surface area contributed by atoms with Crippen molar-refractivity contribution in [2.75, 3.05) is 26.2 Å². The Bertz CT molecular complexity index is 1180. The highest BCUT2D eigenvalue weighted by Crippen LogP contribution is 2.41. The fraction of sp³-hybridized carbons (Fsp3) is 0.286. The Morgan fingerprint density at radius 1 is 1.03 bits per heavy atom. The first-order valence-corrected chi connectivity index (χ1v) is 9.49. The van der Waals surface area contributed by atoms with E-state index in [0.717, 1.165) is 4.90 Å². The molecule has 0 bridgehead atoms. The summed E-state index contributed by atoms with van der Waals surface area (Å²) >= 11 is 0. The maximum absolute atomic E-state index is 13.4. The molecule has 0 radical (unpaired) electrons. The number of carbonyl (C=O) groups is 2. The summed E-state index contributed by atoms with van der Waals surface area (Å²) in [6, 6.07) is 7.54. The summed E-state index contributed by atoms with van der Waals surface area (Å²) in [5.74, 6) is -1.30. The molecule has 11 nitrogen and oxygen atoms in total. The Balaban J connectivity index is 1.75. The van der Waals surface area contributed by atoms with Crippen LogP contribution >= 0.6 is 0 Å². The van der Waals surface area contributed by atoms with Crippen LogP contribution < -0.4 is 19.1 Å². The van der Waals surface area contributed by atoms with E-state index in [0.29, 0.717) is 22.6 Å². The number of hydrogen-bond donors (Lipinski definition) is 0. The van der Waals surface area contributed by atoms with Gasteiger partial charge in [-0.2, -0.15) is 0 Å². The van der Waals surface area contributed by atoms with Crippen LogP contribution in [0.25, 0.3) is 0 Å². The molecule has 2 amide bonds. The number of methoxy groups -OCH3 is 3. The minimum absolute atomic E-state index is 0.0695. The van der Waals surface area contributed by atoms with E-state index in [4.69, 9.17) is 19.0 Å². The molecule has 1 fully saturated rings. The molecule has 2 unspecified atom stereocenters. The van der Waals surface area contributed by atoms with Crippen LogP contribution in [0.5, 0.6) is 17.2 Å². The number of imide groups is 1. The summed E-state index contributed by atoms with van der Waals surface area (Å²) in [5, 5.41) is 15.3. The van der Waals surface area contributed by atoms with Gasteiger partial charge in [0.25, 0.3) is 5.91 Å². The zero-order chi connectivity index (χ0) is 23.2. The molecule has 2 aliphatic heterocycles. The van der Waals surface area contributed by atoms with E-state index >= 15 is 0 Å². The van der Waals surface area contributed by atoms with Crippen molar-refractivity contribution in [3.8, 4) is 17.2 Å². The van der Waals surface area contributed by atoms with E-state index in [1.807, 2.05) is 0 Å². The number of carbonyl (C=O) groups excluding carboxylic acids is 2. The molecule has 32 heavy (non-hydrogen) atoms. The molecule has 1 saturated heterocycles. The van der Waals surface area contributed by atoms with Crippen molar-refractivity contribution >= 4 is 28.9 Å². The Morgan fingerprint density at radius 3 is 2.38 bits per heavy atom. The van der Waals surface area contributed by atoms with E-state index in [1.165, 1.54) is 33.5 Å². The lowest BCUT2D eigenvalue weighted by Crippen LogP contribution is -2.33. The first-order valence-electron chi connectivity index (χ1n) is 9.49. The summed E-state index contributed by atoms with van der Waals surface area (Å²) in [6.07, 6.45) is -1.15. The van der Waals surface area contributed by atoms with Gasteiger partial charge in [0.2, 0.25) is 12.0 Å². The average molecular weight is 441 g/mol. The third-order valence-corrected chi connectivity index (χ3v) is 5.43. The second kappa shape index (κ2) is 7.84. The summed E-state index contributed by atoms with van der Waals surface area (Å²) in [7, 11) is 4.25. The smallest absolute Gasteiger partial charge is 0.311 e. The third kappa shape index (κ3) is 3.09. The topological polar surface area (TPSA) is 130 Å². The lowest BCUT2D eigenvalue weighted by molar-refractivity contribution is -0.385. The SMILES string of the molecule is COc1ccc(C2=NOC3C(=O)N(c4cc(OC)c([N+](=O)[O-])cc4C)C(=O)C23)c(OC)c1. The van der Waals surface area contributed by atoms with Crippen molar-refractivity contribution in [1.82, 2.24) is 0 Å². The number of benzene rings is 2. The number of nitro groups is 1. The first kappa shape index (κ1) is 21.1. The number of nitro benzene ring substituents is 1. The van der Waals surface area contributed by atoms with Gasteiger partial charge in [-0.15, -0.1) is 0 Å². The van der Waals surface area contributed by atoms with Crippen molar-refractivity contribution in [3.05, 3.63) is 51.6 Å². The summed E-state index contributed by atoms with van der Waals surface area (Å²) < 4.78 is 15.7. The highest BCUT2D eigenvalue weighted by molar-refractivity contribution is 6.33. The van der Waals surface area contributed by atoms with Gasteiger partial charge >= 0.3 is 5.69 Å². The molecule has 0 saturated carbocycles. The zero-order valence-corrected chi connectivity index (χ0v) is 17.6. The minimum atomic E-state index is -1.15. The molecule has 2 aliphatic rings. The molecule has 0 aromatic heterocycles. The third-order valence-electron chi connectivity index (χ3n) is 5.43. The standard InChI is InChI=1S/C21H19N3O8/c1-10-7-14(24(27)28)16(31-4)9-13(10)23-20(25)17-18(22-32-19(17)21(23)26)12-6-5-11(29-2)8-15(12)30-3/h5-9,17,19H,1-4H3. The van der Waals surface area contributed by atoms with Crippen LogP contribution in [0.2, 0.25) is 0 Å². The Kier molecular flexibility index (Phi) is 5.17. The van der Waals surface area contributed by atoms with Crippen molar-refractivity contribution < 1.29 is 33.6 Å². The quantitative estimate of drug-likeness (QED) is 0.379. The van der Waals surface area contributed by atoms with Crippen molar-refractivity contribution in [2.24, 2.45) is 11.1 Å². The van der Waals surface area contributed by atoms with Gasteiger partial charge < -0.3 is 19.0 Å². The van der Waals surface area contributed by atoms with Crippen LogP contribution in [0.4, 0.5) is 11.4 Å². The maximum Gasteiger partial charge on any atom is 0.311 e. The molecule has 0 spiro atoms. The Labute approximate surface area is 182 Å². The number of fused-ring (bicyclic) bond motifs is 1. The molecular formula is C21H19N3O8. The normalized spacial score (nSPS) is 19.4. The highest BCUT2D eigenvalue weighted by Gasteiger charge is 2.57. The number of oxime groups is 1. The van der Waals surface area contributed by atoms with E-state index in [9.17, 15) is 19.7 Å². The van der Waals surface area contributed by atoms with Crippen LogP contribution in [0, 0.1) is 23.0 Å². The van der Waals surface area contributed by atoms with Crippen molar-refractivity contribution in [1.29, 1.82) is 0 Å². The molecule has 2 atom stereocenters. The number of hydrogen-bond acceptors (Lipinski definition) is 9. The fourth-order valence-electron chi connectivity index (χ4n) is 3.86. The predicted molar refractivity (Wildman–Crippen MR) is 111 cm³/mol. The molecule has 166 valence electrons. The van der Waals surface area contributed by atoms with Gasteiger partial charge in [-0.05, 0) is 24.6 Å². The highest BCUT2D eigenvalue weighted by atomic mass is 16.7. The summed E-state index contributed by atoms with van der Waals surface area (Å²) in [5.41, 5.74) is 1.01. The second-order valence-electron chi connectivity index (χ2n) is 7.13. The molecule has 2 heterocycles. The largest absolute Gasteiger partial charge is 0.497 e. The lowest BCUT2D eigenvalue weighted by atomic mass is 9.93. The van der Waals surface area contributed by atoms with Crippen LogP contribution in [-0.4, -0.2) is 49.9 Å². The molecule has 2 aromatic rings. The fourth-order valence-corrected chi connectivity index (χ4v) is 3.86. The molecule has 2 aromatic carbocycles. The maximum atomic E-state index is 13.4. The van der Waals surface area contributed by atoms with Gasteiger partial charge in [0, 0.05) is 23.8 Å². The van der Waals surface area contributed by atoms with Gasteiger partial charge in [0.1, 0.15) is 23.1 Å². The minimum Gasteiger partial charge on any atom is -0.497 e. The van der Waals surface area contributed by atoms with Crippen LogP contribution in [0.15, 0.2) is 35.5 Å². The van der Waals surface area contributed by atoms with Crippen LogP contribution in [-0.2, 0) is 14.4 Å². The first-order chi connectivity index (χ1) is 15.3. The van der Waals surface area contributed by atoms with Gasteiger partial charge in [-0.25, -0.2) is 4.90 Å². The zero-order valence-electron chi connectivity index (χ0n) is 17.6. The van der Waals surface area contributed by atoms with Gasteiger partial charge in [-0.3, -0.25) is 19.7 Å². The Morgan fingerprint density at radius 2 is 1.75 bits per heavy atom. The molecule has 4 rings (SSSR count). The molecule has 11 heteroatoms. The lowest BCUT2D eigenvalue weighted by Gasteiger charge is -2.19.